The van der Waals surface area contributed by atoms with E-state index in [0.717, 1.165) is 19.3 Å². The lowest BCUT2D eigenvalue weighted by atomic mass is 9.66. The van der Waals surface area contributed by atoms with Crippen molar-refractivity contribution in [2.45, 2.75) is 51.0 Å². The molecule has 1 saturated carbocycles. The maximum atomic E-state index is 11.1. The van der Waals surface area contributed by atoms with Gasteiger partial charge in [-0.1, -0.05) is 50.6 Å². The summed E-state index contributed by atoms with van der Waals surface area (Å²) in [6.07, 6.45) is 4.23. The fraction of sp³-hybridized carbons (Fsp3) is 0.562. The van der Waals surface area contributed by atoms with E-state index in [2.05, 4.69) is 38.1 Å². The molecule has 1 aliphatic carbocycles. The number of ether oxygens (including phenoxy) is 1. The third kappa shape index (κ3) is 3.30. The normalized spacial score (nSPS) is 23.9. The second kappa shape index (κ2) is 5.96. The maximum absolute atomic E-state index is 11.1. The summed E-state index contributed by atoms with van der Waals surface area (Å²) in [5.74, 6) is 0.325. The van der Waals surface area contributed by atoms with Crippen LogP contribution in [-0.4, -0.2) is 11.5 Å². The molecule has 0 aromatic heterocycles. The Kier molecular flexibility index (Phi) is 4.51. The molecule has 0 heterocycles. The van der Waals surface area contributed by atoms with Crippen molar-refractivity contribution in [2.75, 3.05) is 0 Å². The Balaban J connectivity index is 2.23. The van der Waals surface area contributed by atoms with E-state index in [1.165, 1.54) is 12.0 Å². The average molecular weight is 281 g/mol. The number of hydrogen-bond acceptors (Lipinski definition) is 2. The van der Waals surface area contributed by atoms with Crippen LogP contribution in [0.3, 0.4) is 0 Å². The Bertz CT molecular complexity index is 428. The van der Waals surface area contributed by atoms with Crippen molar-refractivity contribution in [3.05, 3.63) is 35.9 Å². The Morgan fingerprint density at radius 3 is 2.47 bits per heavy atom. The number of rotatable bonds is 3. The first-order valence-corrected chi connectivity index (χ1v) is 7.31. The topological polar surface area (TPSA) is 26.3 Å². The zero-order chi connectivity index (χ0) is 13.9. The van der Waals surface area contributed by atoms with Gasteiger partial charge in [0.2, 0.25) is 0 Å². The van der Waals surface area contributed by atoms with E-state index in [9.17, 15) is 4.79 Å². The first kappa shape index (κ1) is 14.4. The molecule has 0 unspecified atom stereocenters. The van der Waals surface area contributed by atoms with Crippen LogP contribution in [0.5, 0.6) is 0 Å². The summed E-state index contributed by atoms with van der Waals surface area (Å²) >= 11 is 5.41. The molecule has 104 valence electrons. The lowest BCUT2D eigenvalue weighted by molar-refractivity contribution is 0.0227. The van der Waals surface area contributed by atoms with Crippen LogP contribution in [-0.2, 0) is 10.2 Å². The van der Waals surface area contributed by atoms with Gasteiger partial charge in [-0.25, -0.2) is 4.79 Å². The summed E-state index contributed by atoms with van der Waals surface area (Å²) in [4.78, 5) is 11.1. The molecule has 1 aliphatic rings. The summed E-state index contributed by atoms with van der Waals surface area (Å²) < 4.78 is 5.34. The van der Waals surface area contributed by atoms with Gasteiger partial charge in [0, 0.05) is 17.5 Å². The smallest absolute Gasteiger partial charge is 0.404 e. The number of halogens is 1. The molecule has 2 atom stereocenters. The molecule has 0 N–H and O–H groups in total. The van der Waals surface area contributed by atoms with Gasteiger partial charge >= 0.3 is 5.43 Å². The molecule has 2 nitrogen and oxygen atoms in total. The Morgan fingerprint density at radius 2 is 1.84 bits per heavy atom. The first-order chi connectivity index (χ1) is 9.01. The molecule has 1 aromatic carbocycles. The van der Waals surface area contributed by atoms with Gasteiger partial charge in [-0.15, -0.1) is 0 Å². The second-order valence-electron chi connectivity index (χ2n) is 5.87. The minimum Gasteiger partial charge on any atom is -0.450 e. The quantitative estimate of drug-likeness (QED) is 0.736. The molecule has 19 heavy (non-hydrogen) atoms. The van der Waals surface area contributed by atoms with Crippen LogP contribution in [0.2, 0.25) is 0 Å². The van der Waals surface area contributed by atoms with Crippen LogP contribution in [0.1, 0.15) is 45.1 Å². The van der Waals surface area contributed by atoms with Gasteiger partial charge in [0.25, 0.3) is 0 Å². The van der Waals surface area contributed by atoms with Gasteiger partial charge < -0.3 is 4.74 Å². The minimum atomic E-state index is -0.680. The lowest BCUT2D eigenvalue weighted by Crippen LogP contribution is -2.41. The third-order valence-corrected chi connectivity index (χ3v) is 4.48. The molecule has 0 amide bonds. The van der Waals surface area contributed by atoms with Crippen LogP contribution in [0, 0.1) is 5.92 Å². The summed E-state index contributed by atoms with van der Waals surface area (Å²) in [5, 5.41) is 0. The first-order valence-electron chi connectivity index (χ1n) is 6.93. The van der Waals surface area contributed by atoms with Crippen LogP contribution in [0.15, 0.2) is 30.3 Å². The lowest BCUT2D eigenvalue weighted by Gasteiger charge is -2.42. The molecule has 1 aromatic rings. The zero-order valence-electron chi connectivity index (χ0n) is 11.6. The minimum absolute atomic E-state index is 0.0152. The van der Waals surface area contributed by atoms with Crippen molar-refractivity contribution >= 4 is 17.0 Å². The highest BCUT2D eigenvalue weighted by Gasteiger charge is 2.40. The number of benzene rings is 1. The van der Waals surface area contributed by atoms with E-state index in [-0.39, 0.29) is 11.5 Å². The van der Waals surface area contributed by atoms with Crippen LogP contribution < -0.4 is 0 Å². The molecule has 0 spiro atoms. The summed E-state index contributed by atoms with van der Waals surface area (Å²) in [6.45, 7) is 4.46. The van der Waals surface area contributed by atoms with Crippen LogP contribution in [0.25, 0.3) is 0 Å². The van der Waals surface area contributed by atoms with E-state index in [1.54, 1.807) is 0 Å². The highest BCUT2D eigenvalue weighted by Crippen LogP contribution is 2.42. The predicted octanol–water partition coefficient (Wildman–Crippen LogP) is 4.90. The van der Waals surface area contributed by atoms with E-state index in [4.69, 9.17) is 16.3 Å². The van der Waals surface area contributed by atoms with Crippen molar-refractivity contribution in [3.8, 4) is 0 Å². The largest absolute Gasteiger partial charge is 0.450 e. The number of carbonyl (C=O) groups is 1. The van der Waals surface area contributed by atoms with E-state index in [0.29, 0.717) is 5.92 Å². The fourth-order valence-corrected chi connectivity index (χ4v) is 3.38. The molecular weight excluding hydrogens is 260 g/mol. The fourth-order valence-electron chi connectivity index (χ4n) is 3.26. The average Bonchev–Trinajstić information content (AvgIpc) is 2.39. The van der Waals surface area contributed by atoms with E-state index in [1.807, 2.05) is 6.07 Å². The molecule has 1 fully saturated rings. The van der Waals surface area contributed by atoms with Crippen molar-refractivity contribution in [1.29, 1.82) is 0 Å². The Hall–Kier alpha value is -1.02. The van der Waals surface area contributed by atoms with Gasteiger partial charge in [0.1, 0.15) is 6.10 Å². The highest BCUT2D eigenvalue weighted by molar-refractivity contribution is 6.61. The van der Waals surface area contributed by atoms with Crippen molar-refractivity contribution in [3.63, 3.8) is 0 Å². The second-order valence-corrected chi connectivity index (χ2v) is 6.18. The Labute approximate surface area is 120 Å². The van der Waals surface area contributed by atoms with Gasteiger partial charge in [-0.05, 0) is 30.2 Å². The van der Waals surface area contributed by atoms with Gasteiger partial charge in [0.15, 0.2) is 0 Å². The molecular formula is C16H21ClO2. The zero-order valence-corrected chi connectivity index (χ0v) is 12.3. The SMILES string of the molecule is CC(C)(c1ccccc1)[C@@H]1CCCC[C@H]1OC(=O)Cl. The monoisotopic (exact) mass is 280 g/mol. The van der Waals surface area contributed by atoms with Crippen molar-refractivity contribution < 1.29 is 9.53 Å². The van der Waals surface area contributed by atoms with Crippen LogP contribution in [0.4, 0.5) is 4.79 Å². The molecule has 0 saturated heterocycles. The van der Waals surface area contributed by atoms with Gasteiger partial charge in [0.05, 0.1) is 0 Å². The number of hydrogen-bond donors (Lipinski definition) is 0. The maximum Gasteiger partial charge on any atom is 0.404 e. The molecule has 0 bridgehead atoms. The van der Waals surface area contributed by atoms with Crippen LogP contribution >= 0.6 is 11.6 Å². The molecule has 0 radical (unpaired) electrons. The van der Waals surface area contributed by atoms with Gasteiger partial charge in [-0.3, -0.25) is 0 Å². The van der Waals surface area contributed by atoms with Gasteiger partial charge in [-0.2, -0.15) is 0 Å². The van der Waals surface area contributed by atoms with E-state index < -0.39 is 5.43 Å². The summed E-state index contributed by atoms with van der Waals surface area (Å²) in [5.41, 5.74) is 0.594. The summed E-state index contributed by atoms with van der Waals surface area (Å²) in [6, 6.07) is 10.4. The van der Waals surface area contributed by atoms with Crippen molar-refractivity contribution in [1.82, 2.24) is 0 Å². The molecule has 2 rings (SSSR count). The number of carbonyl (C=O) groups excluding carboxylic acids is 1. The van der Waals surface area contributed by atoms with Crippen molar-refractivity contribution in [2.24, 2.45) is 5.92 Å². The molecule has 3 heteroatoms. The summed E-state index contributed by atoms with van der Waals surface area (Å²) in [7, 11) is 0. The molecule has 0 aliphatic heterocycles. The highest BCUT2D eigenvalue weighted by atomic mass is 35.5. The predicted molar refractivity (Wildman–Crippen MR) is 77.5 cm³/mol. The third-order valence-electron chi connectivity index (χ3n) is 4.39. The van der Waals surface area contributed by atoms with E-state index >= 15 is 0 Å². The Morgan fingerprint density at radius 1 is 1.21 bits per heavy atom. The standard InChI is InChI=1S/C16H21ClO2/c1-16(2,12-8-4-3-5-9-12)13-10-6-7-11-14(13)19-15(17)18/h3-5,8-9,13-14H,6-7,10-11H2,1-2H3/t13-,14-/m1/s1.